The first kappa shape index (κ1) is 18.5. The van der Waals surface area contributed by atoms with Crippen LogP contribution in [0.3, 0.4) is 0 Å². The van der Waals surface area contributed by atoms with E-state index in [-0.39, 0.29) is 30.0 Å². The summed E-state index contributed by atoms with van der Waals surface area (Å²) in [6, 6.07) is 9.42. The molecule has 3 atom stereocenters. The number of rotatable bonds is 3. The number of fused-ring (bicyclic) bond motifs is 3. The van der Waals surface area contributed by atoms with E-state index >= 15 is 0 Å². The Morgan fingerprint density at radius 1 is 1.24 bits per heavy atom. The molecule has 1 amide bonds. The maximum atomic E-state index is 12.7. The fraction of sp³-hybridized carbons (Fsp3) is 0.650. The van der Waals surface area contributed by atoms with E-state index in [1.54, 1.807) is 0 Å². The highest BCUT2D eigenvalue weighted by atomic mass is 35.5. The van der Waals surface area contributed by atoms with Gasteiger partial charge in [0.25, 0.3) is 0 Å². The van der Waals surface area contributed by atoms with Crippen LogP contribution in [0.15, 0.2) is 24.3 Å². The first-order chi connectivity index (χ1) is 11.5. The maximum absolute atomic E-state index is 12.7. The molecule has 0 aromatic heterocycles. The largest absolute Gasteiger partial charge is 0.487 e. The summed E-state index contributed by atoms with van der Waals surface area (Å²) >= 11 is 0. The van der Waals surface area contributed by atoms with E-state index in [1.807, 2.05) is 18.2 Å². The minimum atomic E-state index is -0.250. The molecule has 0 spiro atoms. The molecule has 3 heterocycles. The van der Waals surface area contributed by atoms with Crippen molar-refractivity contribution in [3.05, 3.63) is 29.8 Å². The van der Waals surface area contributed by atoms with Crippen molar-refractivity contribution >= 4 is 18.3 Å². The topological polar surface area (TPSA) is 50.4 Å². The Morgan fingerprint density at radius 3 is 2.64 bits per heavy atom. The van der Waals surface area contributed by atoms with Gasteiger partial charge in [0, 0.05) is 30.5 Å². The number of para-hydroxylation sites is 1. The normalized spacial score (nSPS) is 32.1. The number of piperidine rings is 1. The highest BCUT2D eigenvalue weighted by Crippen LogP contribution is 2.39. The third kappa shape index (κ3) is 4.12. The lowest BCUT2D eigenvalue weighted by Crippen LogP contribution is -2.43. The molecule has 2 bridgehead atoms. The molecule has 4 rings (SSSR count). The second-order valence-electron chi connectivity index (χ2n) is 8.40. The van der Waals surface area contributed by atoms with Crippen molar-refractivity contribution in [1.29, 1.82) is 0 Å². The molecule has 4 nitrogen and oxygen atoms in total. The number of ether oxygens (including phenoxy) is 1. The third-order valence-corrected chi connectivity index (χ3v) is 5.76. The van der Waals surface area contributed by atoms with Crippen molar-refractivity contribution in [3.8, 4) is 5.75 Å². The number of nitrogens with one attached hydrogen (secondary N) is 2. The van der Waals surface area contributed by atoms with Crippen LogP contribution in [0.4, 0.5) is 0 Å². The highest BCUT2D eigenvalue weighted by molar-refractivity contribution is 5.85. The van der Waals surface area contributed by atoms with Crippen LogP contribution in [0.25, 0.3) is 0 Å². The summed E-state index contributed by atoms with van der Waals surface area (Å²) in [5, 5.41) is 6.94. The standard InChI is InChI=1S/C20H28N2O2.ClH/c1-20(2)12-17(16-5-3-4-6-18(16)24-20)22-19(23)11-13-9-14-7-8-15(10-13)21-14;/h3-6,13-15,17,21H,7-12H2,1-2H3,(H,22,23);1H. The summed E-state index contributed by atoms with van der Waals surface area (Å²) in [5.41, 5.74) is 0.857. The van der Waals surface area contributed by atoms with E-state index in [0.29, 0.717) is 24.4 Å². The molecule has 3 aliphatic rings. The molecule has 25 heavy (non-hydrogen) atoms. The Bertz CT molecular complexity index is 622. The minimum absolute atomic E-state index is 0. The first-order valence-electron chi connectivity index (χ1n) is 9.32. The Labute approximate surface area is 156 Å². The molecule has 1 aromatic carbocycles. The Balaban J connectivity index is 0.00000182. The molecule has 138 valence electrons. The molecule has 2 fully saturated rings. The van der Waals surface area contributed by atoms with Crippen molar-refractivity contribution < 1.29 is 9.53 Å². The molecular formula is C20H29ClN2O2. The molecule has 0 aliphatic carbocycles. The zero-order chi connectivity index (χ0) is 16.7. The van der Waals surface area contributed by atoms with E-state index in [0.717, 1.165) is 30.6 Å². The monoisotopic (exact) mass is 364 g/mol. The fourth-order valence-corrected chi connectivity index (χ4v) is 4.79. The summed E-state index contributed by atoms with van der Waals surface area (Å²) in [5.74, 6) is 1.63. The van der Waals surface area contributed by atoms with E-state index in [2.05, 4.69) is 30.5 Å². The summed E-state index contributed by atoms with van der Waals surface area (Å²) in [6.45, 7) is 4.18. The van der Waals surface area contributed by atoms with Gasteiger partial charge in [0.15, 0.2) is 0 Å². The van der Waals surface area contributed by atoms with Crippen LogP contribution in [0.2, 0.25) is 0 Å². The molecule has 2 N–H and O–H groups in total. The average molecular weight is 365 g/mol. The van der Waals surface area contributed by atoms with E-state index in [4.69, 9.17) is 4.74 Å². The van der Waals surface area contributed by atoms with Crippen molar-refractivity contribution in [3.63, 3.8) is 0 Å². The van der Waals surface area contributed by atoms with Crippen LogP contribution in [0.1, 0.15) is 64.0 Å². The van der Waals surface area contributed by atoms with Gasteiger partial charge in [-0.25, -0.2) is 0 Å². The van der Waals surface area contributed by atoms with Crippen LogP contribution in [-0.2, 0) is 4.79 Å². The van der Waals surface area contributed by atoms with Gasteiger partial charge >= 0.3 is 0 Å². The predicted octanol–water partition coefficient (Wildman–Crippen LogP) is 3.75. The number of carbonyl (C=O) groups is 1. The van der Waals surface area contributed by atoms with Crippen molar-refractivity contribution in [2.75, 3.05) is 0 Å². The fourth-order valence-electron chi connectivity index (χ4n) is 4.79. The lowest BCUT2D eigenvalue weighted by Gasteiger charge is -2.38. The number of benzene rings is 1. The van der Waals surface area contributed by atoms with Crippen molar-refractivity contribution in [2.45, 2.75) is 76.1 Å². The molecule has 0 radical (unpaired) electrons. The van der Waals surface area contributed by atoms with E-state index in [1.165, 1.54) is 12.8 Å². The lowest BCUT2D eigenvalue weighted by molar-refractivity contribution is -0.123. The maximum Gasteiger partial charge on any atom is 0.220 e. The van der Waals surface area contributed by atoms with Gasteiger partial charge in [-0.1, -0.05) is 18.2 Å². The van der Waals surface area contributed by atoms with Gasteiger partial charge in [-0.15, -0.1) is 12.4 Å². The Kier molecular flexibility index (Phi) is 5.31. The molecular weight excluding hydrogens is 336 g/mol. The SMILES string of the molecule is CC1(C)CC(NC(=O)CC2CC3CCC(C2)N3)c2ccccc2O1.Cl. The van der Waals surface area contributed by atoms with Crippen LogP contribution in [0.5, 0.6) is 5.75 Å². The molecule has 0 saturated carbocycles. The smallest absolute Gasteiger partial charge is 0.220 e. The van der Waals surface area contributed by atoms with Gasteiger partial charge in [0.1, 0.15) is 11.4 Å². The number of amides is 1. The van der Waals surface area contributed by atoms with Crippen molar-refractivity contribution in [1.82, 2.24) is 10.6 Å². The van der Waals surface area contributed by atoms with Gasteiger partial charge in [-0.3, -0.25) is 4.79 Å². The quantitative estimate of drug-likeness (QED) is 0.858. The number of carbonyl (C=O) groups excluding carboxylic acids is 1. The Hall–Kier alpha value is -1.26. The highest BCUT2D eigenvalue weighted by Gasteiger charge is 2.36. The van der Waals surface area contributed by atoms with E-state index < -0.39 is 0 Å². The second kappa shape index (κ2) is 7.16. The van der Waals surface area contributed by atoms with Gasteiger partial charge in [0.05, 0.1) is 6.04 Å². The summed E-state index contributed by atoms with van der Waals surface area (Å²) in [6.07, 6.45) is 6.34. The van der Waals surface area contributed by atoms with Gasteiger partial charge < -0.3 is 15.4 Å². The van der Waals surface area contributed by atoms with Gasteiger partial charge in [-0.2, -0.15) is 0 Å². The second-order valence-corrected chi connectivity index (χ2v) is 8.40. The van der Waals surface area contributed by atoms with Crippen molar-refractivity contribution in [2.24, 2.45) is 5.92 Å². The zero-order valence-electron chi connectivity index (χ0n) is 15.1. The molecule has 3 aliphatic heterocycles. The van der Waals surface area contributed by atoms with Crippen LogP contribution in [0, 0.1) is 5.92 Å². The number of hydrogen-bond donors (Lipinski definition) is 2. The third-order valence-electron chi connectivity index (χ3n) is 5.76. The van der Waals surface area contributed by atoms with Gasteiger partial charge in [0.2, 0.25) is 5.91 Å². The summed E-state index contributed by atoms with van der Waals surface area (Å²) in [4.78, 5) is 12.7. The molecule has 2 saturated heterocycles. The molecule has 3 unspecified atom stereocenters. The van der Waals surface area contributed by atoms with Crippen LogP contribution >= 0.6 is 12.4 Å². The minimum Gasteiger partial charge on any atom is -0.487 e. The van der Waals surface area contributed by atoms with E-state index in [9.17, 15) is 4.79 Å². The van der Waals surface area contributed by atoms with Gasteiger partial charge in [-0.05, 0) is 51.5 Å². The summed E-state index contributed by atoms with van der Waals surface area (Å²) < 4.78 is 6.06. The van der Waals surface area contributed by atoms with Crippen LogP contribution < -0.4 is 15.4 Å². The zero-order valence-corrected chi connectivity index (χ0v) is 15.9. The number of hydrogen-bond acceptors (Lipinski definition) is 3. The molecule has 5 heteroatoms. The number of halogens is 1. The Morgan fingerprint density at radius 2 is 1.92 bits per heavy atom. The average Bonchev–Trinajstić information content (AvgIpc) is 2.85. The predicted molar refractivity (Wildman–Crippen MR) is 101 cm³/mol. The first-order valence-corrected chi connectivity index (χ1v) is 9.32. The molecule has 1 aromatic rings. The summed E-state index contributed by atoms with van der Waals surface area (Å²) in [7, 11) is 0. The lowest BCUT2D eigenvalue weighted by atomic mass is 9.87. The van der Waals surface area contributed by atoms with Crippen LogP contribution in [-0.4, -0.2) is 23.6 Å².